The largest absolute Gasteiger partial charge is 0.307 e. The molecular weight excluding hydrogens is 123 g/mol. The Morgan fingerprint density at radius 2 is 2.40 bits per heavy atom. The number of nitrogens with zero attached hydrogens (tertiary/aromatic N) is 1. The number of rotatable bonds is 0. The maximum Gasteiger partial charge on any atom is 0.115 e. The molecule has 0 aliphatic carbocycles. The van der Waals surface area contributed by atoms with E-state index in [4.69, 9.17) is 7.85 Å². The predicted molar refractivity (Wildman–Crippen MR) is 40.2 cm³/mol. The van der Waals surface area contributed by atoms with Gasteiger partial charge in [0.1, 0.15) is 7.85 Å². The first-order chi connectivity index (χ1) is 4.86. The molecule has 2 rings (SSSR count). The molecule has 0 saturated carbocycles. The smallest absolute Gasteiger partial charge is 0.115 e. The second-order valence-corrected chi connectivity index (χ2v) is 2.48. The van der Waals surface area contributed by atoms with Gasteiger partial charge in [0.25, 0.3) is 0 Å². The molecule has 0 fully saturated rings. The van der Waals surface area contributed by atoms with Crippen LogP contribution in [0.15, 0.2) is 12.3 Å². The van der Waals surface area contributed by atoms with Crippen LogP contribution in [-0.2, 0) is 13.1 Å². The third-order valence-electron chi connectivity index (χ3n) is 1.69. The molecule has 2 nitrogen and oxygen atoms in total. The van der Waals surface area contributed by atoms with E-state index in [1.165, 1.54) is 5.56 Å². The fourth-order valence-corrected chi connectivity index (χ4v) is 1.18. The lowest BCUT2D eigenvalue weighted by Crippen LogP contribution is -2.05. The number of hydrogen-bond acceptors (Lipinski definition) is 2. The predicted octanol–water partition coefficient (Wildman–Crippen LogP) is -0.521. The molecule has 0 spiro atoms. The summed E-state index contributed by atoms with van der Waals surface area (Å²) in [6, 6.07) is 1.97. The van der Waals surface area contributed by atoms with Gasteiger partial charge >= 0.3 is 0 Å². The van der Waals surface area contributed by atoms with Crippen molar-refractivity contribution in [1.82, 2.24) is 10.3 Å². The summed E-state index contributed by atoms with van der Waals surface area (Å²) < 4.78 is 0. The standard InChI is InChI=1S/C7H7BN2/c8-6-1-5-2-9-4-7(5)10-3-6/h1,3,9H,2,4H2. The SMILES string of the molecule is [B]c1cnc2c(c1)CNC2. The first-order valence-corrected chi connectivity index (χ1v) is 3.30. The highest BCUT2D eigenvalue weighted by Gasteiger charge is 2.09. The third-order valence-corrected chi connectivity index (χ3v) is 1.69. The van der Waals surface area contributed by atoms with Gasteiger partial charge in [0.05, 0.1) is 5.69 Å². The Hall–Kier alpha value is -0.825. The highest BCUT2D eigenvalue weighted by molar-refractivity contribution is 6.32. The van der Waals surface area contributed by atoms with E-state index < -0.39 is 0 Å². The minimum atomic E-state index is 0.752. The van der Waals surface area contributed by atoms with E-state index in [1.54, 1.807) is 6.20 Å². The lowest BCUT2D eigenvalue weighted by atomic mass is 9.97. The molecule has 1 aliphatic heterocycles. The van der Waals surface area contributed by atoms with Gasteiger partial charge in [-0.1, -0.05) is 11.5 Å². The number of hydrogen-bond donors (Lipinski definition) is 1. The van der Waals surface area contributed by atoms with Crippen molar-refractivity contribution in [3.63, 3.8) is 0 Å². The maximum atomic E-state index is 5.54. The van der Waals surface area contributed by atoms with Crippen molar-refractivity contribution in [2.45, 2.75) is 13.1 Å². The Kier molecular flexibility index (Phi) is 1.24. The Balaban J connectivity index is 2.52. The second-order valence-electron chi connectivity index (χ2n) is 2.48. The molecule has 0 amide bonds. The van der Waals surface area contributed by atoms with Gasteiger partial charge < -0.3 is 5.32 Å². The Labute approximate surface area is 61.1 Å². The monoisotopic (exact) mass is 130 g/mol. The van der Waals surface area contributed by atoms with Crippen LogP contribution in [0.25, 0.3) is 0 Å². The summed E-state index contributed by atoms with van der Waals surface area (Å²) in [5.74, 6) is 0. The van der Waals surface area contributed by atoms with Gasteiger partial charge in [-0.05, 0) is 5.56 Å². The van der Waals surface area contributed by atoms with Gasteiger partial charge in [0.2, 0.25) is 0 Å². The minimum absolute atomic E-state index is 0.752. The first kappa shape index (κ1) is 5.92. The Bertz CT molecular complexity index is 260. The van der Waals surface area contributed by atoms with E-state index >= 15 is 0 Å². The highest BCUT2D eigenvalue weighted by Crippen LogP contribution is 2.08. The van der Waals surface area contributed by atoms with E-state index in [2.05, 4.69) is 10.3 Å². The molecular formula is C7H7BN2. The van der Waals surface area contributed by atoms with E-state index in [0.29, 0.717) is 0 Å². The molecule has 0 saturated heterocycles. The third kappa shape index (κ3) is 0.828. The summed E-state index contributed by atoms with van der Waals surface area (Å²) in [5, 5.41) is 3.20. The zero-order valence-electron chi connectivity index (χ0n) is 5.59. The first-order valence-electron chi connectivity index (χ1n) is 3.30. The van der Waals surface area contributed by atoms with Crippen molar-refractivity contribution in [2.24, 2.45) is 0 Å². The van der Waals surface area contributed by atoms with Gasteiger partial charge in [-0.3, -0.25) is 4.98 Å². The van der Waals surface area contributed by atoms with E-state index in [1.807, 2.05) is 6.07 Å². The highest BCUT2D eigenvalue weighted by atomic mass is 14.9. The van der Waals surface area contributed by atoms with Crippen LogP contribution in [0.3, 0.4) is 0 Å². The zero-order chi connectivity index (χ0) is 6.97. The van der Waals surface area contributed by atoms with Crippen molar-refractivity contribution in [3.8, 4) is 0 Å². The molecule has 3 heteroatoms. The second kappa shape index (κ2) is 2.09. The number of fused-ring (bicyclic) bond motifs is 1. The summed E-state index contributed by atoms with van der Waals surface area (Å²) in [5.41, 5.74) is 3.12. The zero-order valence-corrected chi connectivity index (χ0v) is 5.59. The molecule has 10 heavy (non-hydrogen) atoms. The number of pyridine rings is 1. The molecule has 1 aromatic rings. The van der Waals surface area contributed by atoms with Gasteiger partial charge in [-0.15, -0.1) is 0 Å². The summed E-state index contributed by atoms with van der Waals surface area (Å²) >= 11 is 0. The topological polar surface area (TPSA) is 24.9 Å². The Morgan fingerprint density at radius 3 is 3.30 bits per heavy atom. The lowest BCUT2D eigenvalue weighted by molar-refractivity contribution is 0.757. The van der Waals surface area contributed by atoms with Crippen molar-refractivity contribution in [1.29, 1.82) is 0 Å². The van der Waals surface area contributed by atoms with Crippen LogP contribution in [-0.4, -0.2) is 12.8 Å². The average molecular weight is 130 g/mol. The molecule has 2 radical (unpaired) electrons. The van der Waals surface area contributed by atoms with Crippen molar-refractivity contribution >= 4 is 13.3 Å². The van der Waals surface area contributed by atoms with Crippen molar-refractivity contribution < 1.29 is 0 Å². The molecule has 1 aliphatic rings. The maximum absolute atomic E-state index is 5.54. The summed E-state index contributed by atoms with van der Waals surface area (Å²) in [4.78, 5) is 4.17. The van der Waals surface area contributed by atoms with Gasteiger partial charge in [-0.2, -0.15) is 0 Å². The molecule has 0 bridgehead atoms. The molecule has 0 atom stereocenters. The van der Waals surface area contributed by atoms with Crippen LogP contribution in [0.2, 0.25) is 0 Å². The molecule has 0 aromatic carbocycles. The van der Waals surface area contributed by atoms with Crippen molar-refractivity contribution in [2.75, 3.05) is 0 Å². The molecule has 1 aromatic heterocycles. The van der Waals surface area contributed by atoms with E-state index in [-0.39, 0.29) is 0 Å². The quantitative estimate of drug-likeness (QED) is 0.478. The van der Waals surface area contributed by atoms with Crippen LogP contribution in [0, 0.1) is 0 Å². The summed E-state index contributed by atoms with van der Waals surface area (Å²) in [6.07, 6.45) is 1.70. The number of aromatic nitrogens is 1. The van der Waals surface area contributed by atoms with Crippen molar-refractivity contribution in [3.05, 3.63) is 23.5 Å². The molecule has 48 valence electrons. The summed E-state index contributed by atoms with van der Waals surface area (Å²) in [7, 11) is 5.54. The van der Waals surface area contributed by atoms with Crippen LogP contribution in [0.5, 0.6) is 0 Å². The average Bonchev–Trinajstić information content (AvgIpc) is 2.33. The van der Waals surface area contributed by atoms with Gasteiger partial charge in [-0.25, -0.2) is 0 Å². The fourth-order valence-electron chi connectivity index (χ4n) is 1.18. The van der Waals surface area contributed by atoms with E-state index in [0.717, 1.165) is 24.2 Å². The normalized spacial score (nSPS) is 15.2. The molecule has 2 heterocycles. The van der Waals surface area contributed by atoms with Gasteiger partial charge in [0.15, 0.2) is 0 Å². The van der Waals surface area contributed by atoms with Gasteiger partial charge in [0, 0.05) is 19.3 Å². The lowest BCUT2D eigenvalue weighted by Gasteiger charge is -1.96. The molecule has 0 unspecified atom stereocenters. The summed E-state index contributed by atoms with van der Waals surface area (Å²) in [6.45, 7) is 1.79. The van der Waals surface area contributed by atoms with Crippen LogP contribution in [0.1, 0.15) is 11.3 Å². The fraction of sp³-hybridized carbons (Fsp3) is 0.286. The van der Waals surface area contributed by atoms with Crippen LogP contribution >= 0.6 is 0 Å². The van der Waals surface area contributed by atoms with Crippen LogP contribution < -0.4 is 10.8 Å². The molecule has 1 N–H and O–H groups in total. The van der Waals surface area contributed by atoms with Crippen LogP contribution in [0.4, 0.5) is 0 Å². The number of nitrogens with one attached hydrogen (secondary N) is 1. The Morgan fingerprint density at radius 1 is 1.50 bits per heavy atom. The minimum Gasteiger partial charge on any atom is -0.307 e. The van der Waals surface area contributed by atoms with E-state index in [9.17, 15) is 0 Å².